The Labute approximate surface area is 115 Å². The molecule has 0 bridgehead atoms. The van der Waals surface area contributed by atoms with Crippen LogP contribution >= 0.6 is 0 Å². The van der Waals surface area contributed by atoms with Crippen LogP contribution in [0.1, 0.15) is 11.1 Å². The van der Waals surface area contributed by atoms with Gasteiger partial charge in [0, 0.05) is 45.5 Å². The summed E-state index contributed by atoms with van der Waals surface area (Å²) in [6.45, 7) is 5.53. The molecule has 0 aliphatic carbocycles. The van der Waals surface area contributed by atoms with Crippen LogP contribution < -0.4 is 10.6 Å². The molecule has 1 atom stereocenters. The van der Waals surface area contributed by atoms with Crippen molar-refractivity contribution in [3.8, 4) is 0 Å². The van der Waals surface area contributed by atoms with Crippen molar-refractivity contribution in [1.29, 1.82) is 0 Å². The Morgan fingerprint density at radius 2 is 2.26 bits per heavy atom. The predicted octanol–water partition coefficient (Wildman–Crippen LogP) is 0.838. The molecule has 0 aromatic heterocycles. The fraction of sp³-hybridized carbons (Fsp3) is 0.600. The maximum absolute atomic E-state index is 5.69. The first-order valence-corrected chi connectivity index (χ1v) is 7.13. The molecular weight excluding hydrogens is 238 g/mol. The molecule has 0 radical (unpaired) electrons. The summed E-state index contributed by atoms with van der Waals surface area (Å²) >= 11 is 0. The highest BCUT2D eigenvalue weighted by atomic mass is 16.5. The molecule has 104 valence electrons. The van der Waals surface area contributed by atoms with Crippen LogP contribution in [0, 0.1) is 0 Å². The molecular formula is C15H23N3O. The third-order valence-electron chi connectivity index (χ3n) is 4.16. The molecule has 0 spiro atoms. The minimum Gasteiger partial charge on any atom is -0.374 e. The number of morpholine rings is 1. The van der Waals surface area contributed by atoms with Gasteiger partial charge in [0.15, 0.2) is 0 Å². The van der Waals surface area contributed by atoms with E-state index in [0.717, 1.165) is 32.8 Å². The Kier molecular flexibility index (Phi) is 3.73. The number of likely N-dealkylation sites (N-methyl/N-ethyl adjacent to an activating group) is 1. The number of hydrogen-bond donors (Lipinski definition) is 1. The van der Waals surface area contributed by atoms with Gasteiger partial charge in [0.25, 0.3) is 0 Å². The Bertz CT molecular complexity index is 449. The third kappa shape index (κ3) is 2.76. The zero-order valence-corrected chi connectivity index (χ0v) is 11.6. The van der Waals surface area contributed by atoms with E-state index in [-0.39, 0.29) is 6.10 Å². The van der Waals surface area contributed by atoms with Gasteiger partial charge < -0.3 is 15.4 Å². The van der Waals surface area contributed by atoms with Crippen molar-refractivity contribution in [1.82, 2.24) is 4.90 Å². The zero-order chi connectivity index (χ0) is 13.2. The van der Waals surface area contributed by atoms with Crippen LogP contribution in [0.2, 0.25) is 0 Å². The molecule has 2 aliphatic rings. The molecule has 1 aromatic rings. The Hall–Kier alpha value is -1.10. The summed E-state index contributed by atoms with van der Waals surface area (Å²) in [5, 5.41) is 0. The van der Waals surface area contributed by atoms with Gasteiger partial charge in [-0.05, 0) is 23.6 Å². The van der Waals surface area contributed by atoms with E-state index in [4.69, 9.17) is 10.5 Å². The van der Waals surface area contributed by atoms with Gasteiger partial charge in [0.05, 0.1) is 12.7 Å². The number of anilines is 1. The number of nitrogens with zero attached hydrogens (tertiary/aromatic N) is 2. The average Bonchev–Trinajstić information content (AvgIpc) is 2.80. The topological polar surface area (TPSA) is 41.7 Å². The maximum atomic E-state index is 5.69. The van der Waals surface area contributed by atoms with Crippen molar-refractivity contribution in [2.24, 2.45) is 5.73 Å². The number of ether oxygens (including phenoxy) is 1. The minimum atomic E-state index is 0.203. The van der Waals surface area contributed by atoms with Gasteiger partial charge in [-0.3, -0.25) is 4.90 Å². The molecule has 2 heterocycles. The van der Waals surface area contributed by atoms with E-state index in [9.17, 15) is 0 Å². The fourth-order valence-electron chi connectivity index (χ4n) is 3.04. The van der Waals surface area contributed by atoms with Gasteiger partial charge in [-0.1, -0.05) is 12.1 Å². The van der Waals surface area contributed by atoms with Crippen molar-refractivity contribution in [3.63, 3.8) is 0 Å². The Balaban J connectivity index is 1.67. The number of fused-ring (bicyclic) bond motifs is 1. The summed E-state index contributed by atoms with van der Waals surface area (Å²) in [5.74, 6) is 0. The first kappa shape index (κ1) is 12.9. The molecule has 0 saturated carbocycles. The van der Waals surface area contributed by atoms with Crippen molar-refractivity contribution >= 4 is 5.69 Å². The lowest BCUT2D eigenvalue weighted by molar-refractivity contribution is -0.0260. The van der Waals surface area contributed by atoms with Crippen LogP contribution in [0.4, 0.5) is 5.69 Å². The molecule has 2 N–H and O–H groups in total. The van der Waals surface area contributed by atoms with E-state index in [1.54, 1.807) is 0 Å². The molecule has 0 amide bonds. The lowest BCUT2D eigenvalue weighted by Gasteiger charge is -2.32. The molecule has 1 aromatic carbocycles. The highest BCUT2D eigenvalue weighted by Gasteiger charge is 2.20. The van der Waals surface area contributed by atoms with Gasteiger partial charge in [0.1, 0.15) is 0 Å². The van der Waals surface area contributed by atoms with Gasteiger partial charge >= 0.3 is 0 Å². The van der Waals surface area contributed by atoms with Gasteiger partial charge in [0.2, 0.25) is 0 Å². The number of hydrogen-bond acceptors (Lipinski definition) is 4. The second-order valence-electron chi connectivity index (χ2n) is 5.60. The fourth-order valence-corrected chi connectivity index (χ4v) is 3.04. The average molecular weight is 261 g/mol. The van der Waals surface area contributed by atoms with E-state index >= 15 is 0 Å². The van der Waals surface area contributed by atoms with Gasteiger partial charge in [-0.25, -0.2) is 0 Å². The zero-order valence-electron chi connectivity index (χ0n) is 11.6. The summed E-state index contributed by atoms with van der Waals surface area (Å²) in [6, 6.07) is 6.89. The summed E-state index contributed by atoms with van der Waals surface area (Å²) in [7, 11) is 2.17. The van der Waals surface area contributed by atoms with Crippen LogP contribution in [0.5, 0.6) is 0 Å². The SMILES string of the molecule is CN1CCc2cc(CN3CCOC(CN)C3)ccc21. The number of nitrogens with two attached hydrogens (primary N) is 1. The highest BCUT2D eigenvalue weighted by Crippen LogP contribution is 2.27. The van der Waals surface area contributed by atoms with Crippen LogP contribution in [0.3, 0.4) is 0 Å². The summed E-state index contributed by atoms with van der Waals surface area (Å²) in [5.41, 5.74) is 9.98. The lowest BCUT2D eigenvalue weighted by atomic mass is 10.1. The first-order valence-electron chi connectivity index (χ1n) is 7.13. The quantitative estimate of drug-likeness (QED) is 0.875. The van der Waals surface area contributed by atoms with E-state index in [2.05, 4.69) is 35.0 Å². The normalized spacial score (nSPS) is 23.7. The monoisotopic (exact) mass is 261 g/mol. The molecule has 19 heavy (non-hydrogen) atoms. The summed E-state index contributed by atoms with van der Waals surface area (Å²) < 4.78 is 5.61. The second kappa shape index (κ2) is 5.49. The molecule has 4 nitrogen and oxygen atoms in total. The Morgan fingerprint density at radius 3 is 3.11 bits per heavy atom. The summed E-state index contributed by atoms with van der Waals surface area (Å²) in [6.07, 6.45) is 1.38. The molecule has 1 unspecified atom stereocenters. The maximum Gasteiger partial charge on any atom is 0.0824 e. The highest BCUT2D eigenvalue weighted by molar-refractivity contribution is 5.58. The third-order valence-corrected chi connectivity index (χ3v) is 4.16. The largest absolute Gasteiger partial charge is 0.374 e. The predicted molar refractivity (Wildman–Crippen MR) is 77.5 cm³/mol. The van der Waals surface area contributed by atoms with Gasteiger partial charge in [-0.15, -0.1) is 0 Å². The van der Waals surface area contributed by atoms with Crippen LogP contribution in [0.15, 0.2) is 18.2 Å². The van der Waals surface area contributed by atoms with E-state index < -0.39 is 0 Å². The molecule has 4 heteroatoms. The molecule has 3 rings (SSSR count). The van der Waals surface area contributed by atoms with E-state index in [1.807, 2.05) is 0 Å². The van der Waals surface area contributed by atoms with Crippen molar-refractivity contribution in [2.75, 3.05) is 44.7 Å². The summed E-state index contributed by atoms with van der Waals surface area (Å²) in [4.78, 5) is 4.78. The standard InChI is InChI=1S/C15H23N3O/c1-17-5-4-13-8-12(2-3-15(13)17)10-18-6-7-19-14(9-16)11-18/h2-3,8,14H,4-7,9-11,16H2,1H3. The van der Waals surface area contributed by atoms with Crippen molar-refractivity contribution in [3.05, 3.63) is 29.3 Å². The smallest absolute Gasteiger partial charge is 0.0824 e. The van der Waals surface area contributed by atoms with E-state index in [0.29, 0.717) is 6.54 Å². The minimum absolute atomic E-state index is 0.203. The number of benzene rings is 1. The second-order valence-corrected chi connectivity index (χ2v) is 5.60. The molecule has 1 saturated heterocycles. The van der Waals surface area contributed by atoms with Crippen molar-refractivity contribution < 1.29 is 4.74 Å². The first-order chi connectivity index (χ1) is 9.26. The number of rotatable bonds is 3. The van der Waals surface area contributed by atoms with Crippen LogP contribution in [-0.4, -0.2) is 50.8 Å². The Morgan fingerprint density at radius 1 is 1.37 bits per heavy atom. The van der Waals surface area contributed by atoms with Crippen molar-refractivity contribution in [2.45, 2.75) is 19.1 Å². The molecule has 1 fully saturated rings. The van der Waals surface area contributed by atoms with Gasteiger partial charge in [-0.2, -0.15) is 0 Å². The van der Waals surface area contributed by atoms with Crippen LogP contribution in [-0.2, 0) is 17.7 Å². The van der Waals surface area contributed by atoms with E-state index in [1.165, 1.54) is 23.2 Å². The molecule has 2 aliphatic heterocycles. The lowest BCUT2D eigenvalue weighted by Crippen LogP contribution is -2.45. The van der Waals surface area contributed by atoms with Crippen LogP contribution in [0.25, 0.3) is 0 Å².